The van der Waals surface area contributed by atoms with Crippen LogP contribution in [-0.4, -0.2) is 49.0 Å². The fraction of sp³-hybridized carbons (Fsp3) is 0.524. The van der Waals surface area contributed by atoms with Crippen LogP contribution >= 0.6 is 0 Å². The van der Waals surface area contributed by atoms with Crippen LogP contribution < -0.4 is 10.6 Å². The Morgan fingerprint density at radius 3 is 2.74 bits per heavy atom. The van der Waals surface area contributed by atoms with Gasteiger partial charge in [-0.15, -0.1) is 0 Å². The lowest BCUT2D eigenvalue weighted by molar-refractivity contribution is 0.122. The van der Waals surface area contributed by atoms with Crippen LogP contribution in [0.25, 0.3) is 11.4 Å². The lowest BCUT2D eigenvalue weighted by atomic mass is 9.91. The summed E-state index contributed by atoms with van der Waals surface area (Å²) >= 11 is 0. The van der Waals surface area contributed by atoms with Gasteiger partial charge in [0.2, 0.25) is 0 Å². The highest BCUT2D eigenvalue weighted by Crippen LogP contribution is 2.33. The molecule has 0 bridgehead atoms. The molecular formula is C21H28N4O2. The molecule has 2 aromatic rings. The van der Waals surface area contributed by atoms with E-state index in [0.29, 0.717) is 23.7 Å². The number of anilines is 2. The van der Waals surface area contributed by atoms with E-state index in [0.717, 1.165) is 62.7 Å². The van der Waals surface area contributed by atoms with Gasteiger partial charge in [-0.3, -0.25) is 0 Å². The lowest BCUT2D eigenvalue weighted by Crippen LogP contribution is -2.37. The molecular weight excluding hydrogens is 340 g/mol. The van der Waals surface area contributed by atoms with Crippen molar-refractivity contribution in [1.29, 1.82) is 0 Å². The normalized spacial score (nSPS) is 20.5. The summed E-state index contributed by atoms with van der Waals surface area (Å²) in [6.07, 6.45) is 2.60. The van der Waals surface area contributed by atoms with Gasteiger partial charge in [-0.05, 0) is 37.3 Å². The van der Waals surface area contributed by atoms with Gasteiger partial charge < -0.3 is 20.1 Å². The molecule has 2 aliphatic rings. The molecule has 2 unspecified atom stereocenters. The number of nitrogens with zero attached hydrogens (tertiary/aromatic N) is 3. The highest BCUT2D eigenvalue weighted by Gasteiger charge is 2.27. The number of aromatic nitrogens is 2. The first-order chi connectivity index (χ1) is 13.2. The largest absolute Gasteiger partial charge is 0.383 e. The van der Waals surface area contributed by atoms with Crippen molar-refractivity contribution in [3.63, 3.8) is 0 Å². The molecule has 1 aromatic heterocycles. The van der Waals surface area contributed by atoms with Gasteiger partial charge in [-0.1, -0.05) is 25.1 Å². The van der Waals surface area contributed by atoms with Crippen molar-refractivity contribution in [1.82, 2.24) is 9.97 Å². The fourth-order valence-electron chi connectivity index (χ4n) is 3.73. The van der Waals surface area contributed by atoms with Crippen LogP contribution in [0, 0.1) is 6.92 Å². The van der Waals surface area contributed by atoms with E-state index in [1.165, 1.54) is 5.56 Å². The third kappa shape index (κ3) is 4.06. The van der Waals surface area contributed by atoms with Gasteiger partial charge in [0.15, 0.2) is 5.82 Å². The van der Waals surface area contributed by atoms with E-state index in [9.17, 15) is 0 Å². The summed E-state index contributed by atoms with van der Waals surface area (Å²) in [5.74, 6) is 2.66. The Morgan fingerprint density at radius 2 is 2.04 bits per heavy atom. The first kappa shape index (κ1) is 18.2. The maximum Gasteiger partial charge on any atom is 0.163 e. The average Bonchev–Trinajstić information content (AvgIpc) is 3.53. The molecule has 2 N–H and O–H groups in total. The fourth-order valence-corrected chi connectivity index (χ4v) is 3.73. The van der Waals surface area contributed by atoms with E-state index >= 15 is 0 Å². The van der Waals surface area contributed by atoms with Crippen molar-refractivity contribution >= 4 is 11.6 Å². The Morgan fingerprint density at radius 1 is 1.26 bits per heavy atom. The van der Waals surface area contributed by atoms with Crippen LogP contribution in [0.5, 0.6) is 0 Å². The van der Waals surface area contributed by atoms with Gasteiger partial charge in [0.25, 0.3) is 0 Å². The number of ether oxygens (including phenoxy) is 2. The van der Waals surface area contributed by atoms with Crippen LogP contribution in [0.3, 0.4) is 0 Å². The van der Waals surface area contributed by atoms with E-state index in [4.69, 9.17) is 20.2 Å². The molecule has 6 nitrogen and oxygen atoms in total. The molecule has 1 aromatic carbocycles. The minimum absolute atomic E-state index is 0.429. The molecule has 144 valence electrons. The molecule has 4 rings (SSSR count). The minimum atomic E-state index is 0.429. The Kier molecular flexibility index (Phi) is 5.27. The van der Waals surface area contributed by atoms with Crippen LogP contribution in [0.15, 0.2) is 24.3 Å². The molecule has 2 fully saturated rings. The highest BCUT2D eigenvalue weighted by atomic mass is 16.6. The number of hydrogen-bond donors (Lipinski definition) is 1. The third-order valence-electron chi connectivity index (χ3n) is 5.53. The van der Waals surface area contributed by atoms with Gasteiger partial charge >= 0.3 is 0 Å². The molecule has 3 heterocycles. The monoisotopic (exact) mass is 368 g/mol. The summed E-state index contributed by atoms with van der Waals surface area (Å²) in [5.41, 5.74) is 9.52. The Balaban J connectivity index is 1.66. The summed E-state index contributed by atoms with van der Waals surface area (Å²) in [5, 5.41) is 0. The van der Waals surface area contributed by atoms with E-state index in [-0.39, 0.29) is 0 Å². The summed E-state index contributed by atoms with van der Waals surface area (Å²) in [4.78, 5) is 11.7. The van der Waals surface area contributed by atoms with Gasteiger partial charge in [0, 0.05) is 24.2 Å². The van der Waals surface area contributed by atoms with Gasteiger partial charge in [0.1, 0.15) is 11.6 Å². The molecule has 2 saturated heterocycles. The summed E-state index contributed by atoms with van der Waals surface area (Å²) in [6.45, 7) is 8.22. The smallest absolute Gasteiger partial charge is 0.163 e. The number of rotatable bonds is 6. The van der Waals surface area contributed by atoms with Crippen molar-refractivity contribution < 1.29 is 9.47 Å². The predicted molar refractivity (Wildman–Crippen MR) is 107 cm³/mol. The Hall–Kier alpha value is -2.18. The number of epoxide rings is 1. The second-order valence-electron chi connectivity index (χ2n) is 7.40. The second kappa shape index (κ2) is 7.82. The van der Waals surface area contributed by atoms with Crippen LogP contribution in [0.4, 0.5) is 11.6 Å². The molecule has 0 saturated carbocycles. The standard InChI is InChI=1S/C21H28N4O2/c1-3-15(12-18-13-27-18)16-5-4-6-17(11-16)20-23-19(22)14(2)21(24-20)25-7-9-26-10-8-25/h4-6,11,15,18H,3,7-10,12-13H2,1-2H3,(H2,22,23,24). The molecule has 0 spiro atoms. The van der Waals surface area contributed by atoms with Crippen molar-refractivity contribution in [2.75, 3.05) is 43.5 Å². The van der Waals surface area contributed by atoms with E-state index in [2.05, 4.69) is 41.1 Å². The zero-order valence-corrected chi connectivity index (χ0v) is 16.1. The number of benzene rings is 1. The van der Waals surface area contributed by atoms with E-state index in [1.54, 1.807) is 0 Å². The van der Waals surface area contributed by atoms with Crippen molar-refractivity contribution in [2.24, 2.45) is 0 Å². The number of hydrogen-bond acceptors (Lipinski definition) is 6. The zero-order chi connectivity index (χ0) is 18.8. The van der Waals surface area contributed by atoms with Gasteiger partial charge in [-0.25, -0.2) is 9.97 Å². The average molecular weight is 368 g/mol. The third-order valence-corrected chi connectivity index (χ3v) is 5.53. The summed E-state index contributed by atoms with van der Waals surface area (Å²) in [6, 6.07) is 8.57. The molecule has 6 heteroatoms. The second-order valence-corrected chi connectivity index (χ2v) is 7.40. The number of nitrogen functional groups attached to an aromatic ring is 1. The molecule has 2 aliphatic heterocycles. The molecule has 0 amide bonds. The van der Waals surface area contributed by atoms with Crippen molar-refractivity contribution in [3.8, 4) is 11.4 Å². The van der Waals surface area contributed by atoms with Crippen molar-refractivity contribution in [3.05, 3.63) is 35.4 Å². The van der Waals surface area contributed by atoms with E-state index < -0.39 is 0 Å². The lowest BCUT2D eigenvalue weighted by Gasteiger charge is -2.29. The zero-order valence-electron chi connectivity index (χ0n) is 16.1. The van der Waals surface area contributed by atoms with Crippen LogP contribution in [-0.2, 0) is 9.47 Å². The summed E-state index contributed by atoms with van der Waals surface area (Å²) < 4.78 is 10.9. The summed E-state index contributed by atoms with van der Waals surface area (Å²) in [7, 11) is 0. The maximum atomic E-state index is 6.24. The first-order valence-corrected chi connectivity index (χ1v) is 9.84. The van der Waals surface area contributed by atoms with Gasteiger partial charge in [0.05, 0.1) is 25.9 Å². The highest BCUT2D eigenvalue weighted by molar-refractivity contribution is 5.65. The Bertz CT molecular complexity index is 801. The Labute approximate surface area is 160 Å². The molecule has 27 heavy (non-hydrogen) atoms. The van der Waals surface area contributed by atoms with E-state index in [1.807, 2.05) is 6.92 Å². The van der Waals surface area contributed by atoms with Crippen LogP contribution in [0.1, 0.15) is 36.8 Å². The SMILES string of the molecule is CCC(CC1CO1)c1cccc(-c2nc(N)c(C)c(N3CCOCC3)n2)c1. The van der Waals surface area contributed by atoms with Crippen LogP contribution in [0.2, 0.25) is 0 Å². The minimum Gasteiger partial charge on any atom is -0.383 e. The number of nitrogens with two attached hydrogens (primary N) is 1. The van der Waals surface area contributed by atoms with Crippen molar-refractivity contribution in [2.45, 2.75) is 38.7 Å². The molecule has 0 radical (unpaired) electrons. The van der Waals surface area contributed by atoms with Gasteiger partial charge in [-0.2, -0.15) is 0 Å². The predicted octanol–water partition coefficient (Wildman–Crippen LogP) is 3.15. The quantitative estimate of drug-likeness (QED) is 0.789. The molecule has 0 aliphatic carbocycles. The maximum absolute atomic E-state index is 6.24. The number of morpholine rings is 1. The topological polar surface area (TPSA) is 76.8 Å². The molecule has 2 atom stereocenters. The first-order valence-electron chi connectivity index (χ1n) is 9.84.